The fraction of sp³-hybridized carbons (Fsp3) is 0.455. The van der Waals surface area contributed by atoms with Crippen molar-refractivity contribution in [3.63, 3.8) is 0 Å². The first kappa shape index (κ1) is 12.1. The maximum Gasteiger partial charge on any atom is 0.289 e. The molecule has 0 spiro atoms. The predicted octanol–water partition coefficient (Wildman–Crippen LogP) is 2.22. The van der Waals surface area contributed by atoms with Gasteiger partial charge in [0, 0.05) is 0 Å². The minimum absolute atomic E-state index is 0.859. The molecule has 13 heavy (non-hydrogen) atoms. The molecule has 0 nitrogen and oxygen atoms in total. The molecule has 0 amide bonds. The summed E-state index contributed by atoms with van der Waals surface area (Å²) < 4.78 is 0. The van der Waals surface area contributed by atoms with Gasteiger partial charge in [-0.05, 0) is 6.04 Å². The quantitative estimate of drug-likeness (QED) is 0.454. The molecule has 0 rings (SSSR count). The van der Waals surface area contributed by atoms with Gasteiger partial charge in [0.05, 0.1) is 0 Å². The number of hydrogen-bond acceptors (Lipinski definition) is 0. The fourth-order valence-corrected chi connectivity index (χ4v) is 3.87. The minimum Gasteiger partial charge on any atom is -0.137 e. The highest BCUT2D eigenvalue weighted by Gasteiger charge is 2.24. The van der Waals surface area contributed by atoms with Crippen molar-refractivity contribution in [2.45, 2.75) is 32.6 Å². The van der Waals surface area contributed by atoms with Crippen molar-refractivity contribution in [3.05, 3.63) is 0 Å². The molecule has 0 aromatic carbocycles. The second kappa shape index (κ2) is 4.38. The molecule has 0 aliphatic heterocycles. The average Bonchev–Trinajstić information content (AvgIpc) is 2.06. The highest BCUT2D eigenvalue weighted by atomic mass is 28.3. The number of rotatable bonds is 1. The van der Waals surface area contributed by atoms with Crippen LogP contribution in [0.4, 0.5) is 0 Å². The van der Waals surface area contributed by atoms with Crippen LogP contribution >= 0.6 is 0 Å². The van der Waals surface area contributed by atoms with E-state index < -0.39 is 16.1 Å². The maximum absolute atomic E-state index is 5.44. The standard InChI is InChI=1S/C11H16Si2/c1-7-13(8-2,9-3)11-10-12(4,5)6/h1-2H,9H2,3-6H3. The van der Waals surface area contributed by atoms with Crippen molar-refractivity contribution >= 4 is 16.1 Å². The molecule has 0 heterocycles. The molecule has 0 N–H and O–H groups in total. The Morgan fingerprint density at radius 3 is 1.69 bits per heavy atom. The highest BCUT2D eigenvalue weighted by Crippen LogP contribution is 2.06. The third-order valence-corrected chi connectivity index (χ3v) is 5.40. The smallest absolute Gasteiger partial charge is 0.137 e. The molecule has 0 unspecified atom stereocenters. The molecule has 2 heteroatoms. The zero-order valence-corrected chi connectivity index (χ0v) is 10.9. The summed E-state index contributed by atoms with van der Waals surface area (Å²) in [5.74, 6) is 0. The summed E-state index contributed by atoms with van der Waals surface area (Å²) in [6.45, 7) is 8.62. The number of hydrogen-bond donors (Lipinski definition) is 0. The van der Waals surface area contributed by atoms with Crippen LogP contribution in [0.15, 0.2) is 0 Å². The van der Waals surface area contributed by atoms with Gasteiger partial charge in [-0.15, -0.1) is 35.0 Å². The second-order valence-corrected chi connectivity index (χ2v) is 12.1. The van der Waals surface area contributed by atoms with E-state index in [0.717, 1.165) is 6.04 Å². The first-order valence-corrected chi connectivity index (χ1v) is 10.1. The Balaban J connectivity index is 4.94. The van der Waals surface area contributed by atoms with E-state index >= 15 is 0 Å². The zero-order chi connectivity index (χ0) is 10.5. The molecule has 0 aliphatic rings. The molecule has 0 saturated heterocycles. The summed E-state index contributed by atoms with van der Waals surface area (Å²) in [6, 6.07) is 0.859. The Hall–Kier alpha value is -0.886. The molecule has 68 valence electrons. The first-order valence-electron chi connectivity index (χ1n) is 4.39. The van der Waals surface area contributed by atoms with Crippen LogP contribution in [0.5, 0.6) is 0 Å². The summed E-state index contributed by atoms with van der Waals surface area (Å²) >= 11 is 0. The molecule has 0 radical (unpaired) electrons. The topological polar surface area (TPSA) is 0 Å². The maximum atomic E-state index is 5.44. The molecule has 0 aliphatic carbocycles. The summed E-state index contributed by atoms with van der Waals surface area (Å²) in [7, 11) is -3.43. The van der Waals surface area contributed by atoms with E-state index in [1.165, 1.54) is 0 Å². The van der Waals surface area contributed by atoms with Crippen LogP contribution in [0, 0.1) is 35.0 Å². The van der Waals surface area contributed by atoms with Gasteiger partial charge in [-0.1, -0.05) is 26.6 Å². The highest BCUT2D eigenvalue weighted by molar-refractivity contribution is 7.01. The van der Waals surface area contributed by atoms with E-state index in [2.05, 4.69) is 41.8 Å². The summed E-state index contributed by atoms with van der Waals surface area (Å²) in [4.78, 5) is 0. The zero-order valence-electron chi connectivity index (χ0n) is 8.86. The third kappa shape index (κ3) is 4.04. The Bertz CT molecular complexity index is 295. The van der Waals surface area contributed by atoms with Gasteiger partial charge in [-0.3, -0.25) is 0 Å². The molecular formula is C11H16Si2. The summed E-state index contributed by atoms with van der Waals surface area (Å²) in [5.41, 5.74) is 12.0. The first-order chi connectivity index (χ1) is 5.89. The van der Waals surface area contributed by atoms with Gasteiger partial charge in [0.2, 0.25) is 0 Å². The molecule has 0 bridgehead atoms. The SMILES string of the molecule is C#C[Si](C#C)(C#C[Si](C)(C)C)CC. The second-order valence-electron chi connectivity index (χ2n) is 4.05. The van der Waals surface area contributed by atoms with Crippen LogP contribution in [0.25, 0.3) is 0 Å². The lowest BCUT2D eigenvalue weighted by molar-refractivity contribution is 1.43. The normalized spacial score (nSPS) is 10.6. The van der Waals surface area contributed by atoms with Crippen LogP contribution in [0.1, 0.15) is 6.92 Å². The Morgan fingerprint density at radius 1 is 1.00 bits per heavy atom. The molecule has 0 aromatic heterocycles. The van der Waals surface area contributed by atoms with E-state index in [0.29, 0.717) is 0 Å². The van der Waals surface area contributed by atoms with Crippen molar-refractivity contribution in [1.29, 1.82) is 0 Å². The summed E-state index contributed by atoms with van der Waals surface area (Å²) in [6.07, 6.45) is 10.9. The van der Waals surface area contributed by atoms with Crippen LogP contribution < -0.4 is 0 Å². The van der Waals surface area contributed by atoms with Crippen molar-refractivity contribution in [2.75, 3.05) is 0 Å². The van der Waals surface area contributed by atoms with Gasteiger partial charge >= 0.3 is 0 Å². The van der Waals surface area contributed by atoms with Crippen molar-refractivity contribution in [2.24, 2.45) is 0 Å². The van der Waals surface area contributed by atoms with E-state index in [-0.39, 0.29) is 0 Å². The van der Waals surface area contributed by atoms with E-state index in [1.54, 1.807) is 0 Å². The predicted molar refractivity (Wildman–Crippen MR) is 65.0 cm³/mol. The van der Waals surface area contributed by atoms with E-state index in [4.69, 9.17) is 12.8 Å². The fourth-order valence-electron chi connectivity index (χ4n) is 0.701. The monoisotopic (exact) mass is 204 g/mol. The third-order valence-electron chi connectivity index (χ3n) is 1.67. The van der Waals surface area contributed by atoms with Crippen LogP contribution in [0.3, 0.4) is 0 Å². The molecule has 0 fully saturated rings. The lowest BCUT2D eigenvalue weighted by atomic mass is 11.0. The Labute approximate surface area is 84.1 Å². The van der Waals surface area contributed by atoms with Crippen molar-refractivity contribution < 1.29 is 0 Å². The van der Waals surface area contributed by atoms with Gasteiger partial charge in [0.15, 0.2) is 0 Å². The molecule has 0 atom stereocenters. The summed E-state index contributed by atoms with van der Waals surface area (Å²) in [5, 5.41) is 0. The van der Waals surface area contributed by atoms with Crippen molar-refractivity contribution in [3.8, 4) is 35.0 Å². The van der Waals surface area contributed by atoms with Gasteiger partial charge < -0.3 is 0 Å². The van der Waals surface area contributed by atoms with E-state index in [9.17, 15) is 0 Å². The van der Waals surface area contributed by atoms with Gasteiger partial charge in [0.25, 0.3) is 8.07 Å². The molecule has 0 saturated carbocycles. The van der Waals surface area contributed by atoms with Crippen molar-refractivity contribution in [1.82, 2.24) is 0 Å². The molecule has 0 aromatic rings. The van der Waals surface area contributed by atoms with Gasteiger partial charge in [-0.2, -0.15) is 0 Å². The Morgan fingerprint density at radius 2 is 1.46 bits per heavy atom. The average molecular weight is 204 g/mol. The van der Waals surface area contributed by atoms with Gasteiger partial charge in [-0.25, -0.2) is 0 Å². The van der Waals surface area contributed by atoms with E-state index in [1.807, 2.05) is 6.92 Å². The lowest BCUT2D eigenvalue weighted by Gasteiger charge is -2.10. The minimum atomic E-state index is -2.10. The lowest BCUT2D eigenvalue weighted by Crippen LogP contribution is -2.30. The van der Waals surface area contributed by atoms with Crippen LogP contribution in [0.2, 0.25) is 25.7 Å². The van der Waals surface area contributed by atoms with Crippen LogP contribution in [-0.2, 0) is 0 Å². The van der Waals surface area contributed by atoms with Crippen LogP contribution in [-0.4, -0.2) is 16.1 Å². The largest absolute Gasteiger partial charge is 0.289 e. The number of terminal acetylenes is 2. The molecular weight excluding hydrogens is 188 g/mol. The Kier molecular flexibility index (Phi) is 4.08. The van der Waals surface area contributed by atoms with Gasteiger partial charge in [0.1, 0.15) is 8.07 Å².